The lowest BCUT2D eigenvalue weighted by Crippen LogP contribution is -2.03. The first-order valence-corrected chi connectivity index (χ1v) is 4.87. The number of benzene rings is 1. The molecule has 0 amide bonds. The minimum Gasteiger partial charge on any atom is -0.461 e. The smallest absolute Gasteiger partial charge is 0.307 e. The van der Waals surface area contributed by atoms with Gasteiger partial charge in [0, 0.05) is 11.4 Å². The zero-order chi connectivity index (χ0) is 11.1. The van der Waals surface area contributed by atoms with Crippen molar-refractivity contribution >= 4 is 17.6 Å². The molecule has 0 heterocycles. The third-order valence-corrected chi connectivity index (χ3v) is 2.01. The molecule has 0 aliphatic rings. The number of carbonyl (C=O) groups excluding carboxylic acids is 1. The molecule has 0 radical (unpaired) electrons. The predicted octanol–water partition coefficient (Wildman–Crippen LogP) is 2.69. The lowest BCUT2D eigenvalue weighted by molar-refractivity contribution is -0.144. The monoisotopic (exact) mass is 223 g/mol. The molecule has 0 spiro atoms. The summed E-state index contributed by atoms with van der Waals surface area (Å²) in [4.78, 5) is 11.0. The first kappa shape index (κ1) is 11.5. The zero-order valence-electron chi connectivity index (χ0n) is 8.07. The summed E-state index contributed by atoms with van der Waals surface area (Å²) in [5, 5.41) is 8.91. The van der Waals surface area contributed by atoms with Crippen LogP contribution in [-0.2, 0) is 16.1 Å². The maximum Gasteiger partial charge on any atom is 0.307 e. The summed E-state index contributed by atoms with van der Waals surface area (Å²) in [7, 11) is 0. The Balaban J connectivity index is 2.34. The topological polar surface area (TPSA) is 50.1 Å². The van der Waals surface area contributed by atoms with Crippen molar-refractivity contribution in [2.75, 3.05) is 0 Å². The van der Waals surface area contributed by atoms with Crippen LogP contribution < -0.4 is 0 Å². The van der Waals surface area contributed by atoms with Gasteiger partial charge in [-0.05, 0) is 17.7 Å². The van der Waals surface area contributed by atoms with Gasteiger partial charge >= 0.3 is 5.97 Å². The average molecular weight is 224 g/mol. The number of halogens is 1. The molecule has 1 aromatic rings. The van der Waals surface area contributed by atoms with Crippen molar-refractivity contribution in [1.29, 1.82) is 5.26 Å². The molecular formula is C11H10ClNO2. The van der Waals surface area contributed by atoms with Crippen molar-refractivity contribution in [2.45, 2.75) is 19.4 Å². The molecule has 78 valence electrons. The molecule has 0 aliphatic carbocycles. The van der Waals surface area contributed by atoms with Crippen LogP contribution >= 0.6 is 11.6 Å². The minimum absolute atomic E-state index is 0.143. The number of esters is 1. The van der Waals surface area contributed by atoms with E-state index in [0.29, 0.717) is 5.02 Å². The normalized spacial score (nSPS) is 9.33. The van der Waals surface area contributed by atoms with Gasteiger partial charge in [0.25, 0.3) is 0 Å². The van der Waals surface area contributed by atoms with Crippen molar-refractivity contribution in [1.82, 2.24) is 0 Å². The number of nitrogens with zero attached hydrogens (tertiary/aromatic N) is 1. The molecule has 0 saturated heterocycles. The van der Waals surface area contributed by atoms with E-state index in [1.165, 1.54) is 0 Å². The van der Waals surface area contributed by atoms with E-state index in [9.17, 15) is 4.79 Å². The molecule has 0 atom stereocenters. The highest BCUT2D eigenvalue weighted by atomic mass is 35.5. The molecule has 0 unspecified atom stereocenters. The second kappa shape index (κ2) is 6.05. The van der Waals surface area contributed by atoms with Crippen LogP contribution in [-0.4, -0.2) is 5.97 Å². The van der Waals surface area contributed by atoms with Crippen LogP contribution in [0.25, 0.3) is 0 Å². The molecule has 0 aromatic heterocycles. The largest absolute Gasteiger partial charge is 0.461 e. The summed E-state index contributed by atoms with van der Waals surface area (Å²) in [6.07, 6.45) is 0.337. The number of hydrogen-bond acceptors (Lipinski definition) is 3. The summed E-state index contributed by atoms with van der Waals surface area (Å²) in [6, 6.07) is 8.94. The maximum atomic E-state index is 11.0. The van der Waals surface area contributed by atoms with Gasteiger partial charge < -0.3 is 4.74 Å². The predicted molar refractivity (Wildman–Crippen MR) is 56.1 cm³/mol. The molecule has 0 saturated carbocycles. The fourth-order valence-electron chi connectivity index (χ4n) is 0.975. The van der Waals surface area contributed by atoms with Crippen LogP contribution in [0.2, 0.25) is 5.02 Å². The Hall–Kier alpha value is -1.53. The second-order valence-electron chi connectivity index (χ2n) is 2.95. The van der Waals surface area contributed by atoms with E-state index in [0.717, 1.165) is 5.56 Å². The third-order valence-electron chi connectivity index (χ3n) is 1.75. The van der Waals surface area contributed by atoms with E-state index in [1.807, 2.05) is 6.07 Å². The van der Waals surface area contributed by atoms with Crippen LogP contribution in [0, 0.1) is 11.3 Å². The Morgan fingerprint density at radius 1 is 1.40 bits per heavy atom. The third kappa shape index (κ3) is 4.48. The average Bonchev–Trinajstić information content (AvgIpc) is 2.25. The van der Waals surface area contributed by atoms with Crippen molar-refractivity contribution in [3.63, 3.8) is 0 Å². The summed E-state index contributed by atoms with van der Waals surface area (Å²) in [5.74, 6) is -0.355. The molecule has 0 aliphatic heterocycles. The number of carbonyl (C=O) groups is 1. The van der Waals surface area contributed by atoms with E-state index in [4.69, 9.17) is 21.6 Å². The number of ether oxygens (including phenoxy) is 1. The standard InChI is InChI=1S/C11H10ClNO2/c12-10-5-3-9(4-6-10)8-15-11(14)2-1-7-13/h3-6H,1-2,8H2. The van der Waals surface area contributed by atoms with Gasteiger partial charge in [0.15, 0.2) is 0 Å². The Morgan fingerprint density at radius 3 is 2.67 bits per heavy atom. The SMILES string of the molecule is N#CCCC(=O)OCc1ccc(Cl)cc1. The van der Waals surface area contributed by atoms with Gasteiger partial charge in [-0.15, -0.1) is 0 Å². The molecule has 0 N–H and O–H groups in total. The van der Waals surface area contributed by atoms with Crippen LogP contribution in [0.15, 0.2) is 24.3 Å². The number of hydrogen-bond donors (Lipinski definition) is 0. The molecule has 0 bridgehead atoms. The molecule has 15 heavy (non-hydrogen) atoms. The fraction of sp³-hybridized carbons (Fsp3) is 0.273. The van der Waals surface area contributed by atoms with E-state index >= 15 is 0 Å². The van der Waals surface area contributed by atoms with Crippen molar-refractivity contribution in [3.05, 3.63) is 34.9 Å². The highest BCUT2D eigenvalue weighted by Gasteiger charge is 2.02. The first-order chi connectivity index (χ1) is 7.22. The van der Waals surface area contributed by atoms with Gasteiger partial charge in [-0.25, -0.2) is 0 Å². The van der Waals surface area contributed by atoms with Gasteiger partial charge in [-0.2, -0.15) is 5.26 Å². The van der Waals surface area contributed by atoms with E-state index in [2.05, 4.69) is 0 Å². The lowest BCUT2D eigenvalue weighted by Gasteiger charge is -2.03. The first-order valence-electron chi connectivity index (χ1n) is 4.49. The summed E-state index contributed by atoms with van der Waals surface area (Å²) < 4.78 is 4.94. The Kier molecular flexibility index (Phi) is 4.65. The molecule has 3 nitrogen and oxygen atoms in total. The molecular weight excluding hydrogens is 214 g/mol. The number of nitriles is 1. The van der Waals surface area contributed by atoms with Gasteiger partial charge in [-0.1, -0.05) is 23.7 Å². The number of rotatable bonds is 4. The van der Waals surface area contributed by atoms with Crippen LogP contribution in [0.5, 0.6) is 0 Å². The summed E-state index contributed by atoms with van der Waals surface area (Å²) >= 11 is 5.70. The van der Waals surface area contributed by atoms with Crippen molar-refractivity contribution < 1.29 is 9.53 Å². The summed E-state index contributed by atoms with van der Waals surface area (Å²) in [5.41, 5.74) is 0.879. The van der Waals surface area contributed by atoms with Gasteiger partial charge in [-0.3, -0.25) is 4.79 Å². The van der Waals surface area contributed by atoms with E-state index in [-0.39, 0.29) is 25.4 Å². The fourth-order valence-corrected chi connectivity index (χ4v) is 1.10. The van der Waals surface area contributed by atoms with Gasteiger partial charge in [0.05, 0.1) is 12.5 Å². The Morgan fingerprint density at radius 2 is 2.07 bits per heavy atom. The van der Waals surface area contributed by atoms with Crippen LogP contribution in [0.4, 0.5) is 0 Å². The minimum atomic E-state index is -0.355. The quantitative estimate of drug-likeness (QED) is 0.738. The second-order valence-corrected chi connectivity index (χ2v) is 3.38. The van der Waals surface area contributed by atoms with Crippen molar-refractivity contribution in [3.8, 4) is 6.07 Å². The zero-order valence-corrected chi connectivity index (χ0v) is 8.83. The maximum absolute atomic E-state index is 11.0. The van der Waals surface area contributed by atoms with Gasteiger partial charge in [0.1, 0.15) is 6.61 Å². The Labute approximate surface area is 93.2 Å². The molecule has 1 aromatic carbocycles. The molecule has 4 heteroatoms. The molecule has 0 fully saturated rings. The van der Waals surface area contributed by atoms with E-state index in [1.54, 1.807) is 24.3 Å². The summed E-state index contributed by atoms with van der Waals surface area (Å²) in [6.45, 7) is 0.224. The van der Waals surface area contributed by atoms with Crippen LogP contribution in [0.1, 0.15) is 18.4 Å². The molecule has 1 rings (SSSR count). The lowest BCUT2D eigenvalue weighted by atomic mass is 10.2. The van der Waals surface area contributed by atoms with E-state index < -0.39 is 0 Å². The van der Waals surface area contributed by atoms with Crippen LogP contribution in [0.3, 0.4) is 0 Å². The van der Waals surface area contributed by atoms with Gasteiger partial charge in [0.2, 0.25) is 0 Å². The Bertz CT molecular complexity index is 367. The van der Waals surface area contributed by atoms with Crippen molar-refractivity contribution in [2.24, 2.45) is 0 Å². The highest BCUT2D eigenvalue weighted by Crippen LogP contribution is 2.10. The highest BCUT2D eigenvalue weighted by molar-refractivity contribution is 6.30.